The van der Waals surface area contributed by atoms with Gasteiger partial charge in [0.15, 0.2) is 0 Å². The molecule has 16 heteroatoms. The summed E-state index contributed by atoms with van der Waals surface area (Å²) in [6, 6.07) is 20.5. The summed E-state index contributed by atoms with van der Waals surface area (Å²) < 4.78 is 41.3. The Bertz CT molecular complexity index is 2630. The second-order valence-electron chi connectivity index (χ2n) is 18.2. The van der Waals surface area contributed by atoms with Crippen molar-refractivity contribution in [1.82, 2.24) is 19.6 Å². The first-order valence-electron chi connectivity index (χ1n) is 22.0. The number of carbonyl (C=O) groups is 1. The Morgan fingerprint density at radius 3 is 2.47 bits per heavy atom. The molecule has 1 amide bonds. The maximum atomic E-state index is 14.0. The van der Waals surface area contributed by atoms with Crippen LogP contribution in [0.4, 0.5) is 17.1 Å². The van der Waals surface area contributed by atoms with E-state index in [1.807, 2.05) is 18.2 Å². The first kappa shape index (κ1) is 45.1. The summed E-state index contributed by atoms with van der Waals surface area (Å²) in [5, 5.41) is 16.9. The summed E-state index contributed by atoms with van der Waals surface area (Å²) in [6.45, 7) is 9.90. The van der Waals surface area contributed by atoms with Crippen molar-refractivity contribution in [3.05, 3.63) is 117 Å². The topological polar surface area (TPSA) is 172 Å². The molecular weight excluding hydrogens is 854 g/mol. The van der Waals surface area contributed by atoms with Crippen molar-refractivity contribution in [3.63, 3.8) is 0 Å². The number of carbonyl (C=O) groups excluding carboxylic acids is 1. The van der Waals surface area contributed by atoms with Gasteiger partial charge < -0.3 is 24.7 Å². The Hall–Kier alpha value is -5.48. The fourth-order valence-electron chi connectivity index (χ4n) is 9.29. The van der Waals surface area contributed by atoms with Crippen LogP contribution in [0.15, 0.2) is 95.7 Å². The zero-order chi connectivity index (χ0) is 45.0. The van der Waals surface area contributed by atoms with E-state index in [9.17, 15) is 23.3 Å². The molecule has 0 atom stereocenters. The molecule has 338 valence electrons. The lowest BCUT2D eigenvalue weighted by Crippen LogP contribution is -2.47. The number of H-pyrrole nitrogens is 1. The largest absolute Gasteiger partial charge is 0.455 e. The summed E-state index contributed by atoms with van der Waals surface area (Å²) in [7, 11) is -2.86. The predicted octanol–water partition coefficient (Wildman–Crippen LogP) is 9.69. The van der Waals surface area contributed by atoms with Crippen LogP contribution in [0.2, 0.25) is 5.02 Å². The SMILES string of the molecule is COCC1CCC(CNc2ccc(S(=O)(=O)NC(=O)c3ccc(N4CCN(CC5=C(c6ccc(Cl)cc6)CC(C)(C)CC5)CC4)cc3Oc3cnc4[nH]ccc4c3)cc2[N+](=O)[O-])CC1. The van der Waals surface area contributed by atoms with Gasteiger partial charge in [-0.25, -0.2) is 18.1 Å². The molecule has 2 aromatic heterocycles. The van der Waals surface area contributed by atoms with Gasteiger partial charge in [0, 0.05) is 87.4 Å². The fourth-order valence-corrected chi connectivity index (χ4v) is 10.4. The Kier molecular flexibility index (Phi) is 13.6. The first-order chi connectivity index (χ1) is 30.7. The number of nitrogens with one attached hydrogen (secondary N) is 3. The van der Waals surface area contributed by atoms with Crippen molar-refractivity contribution < 1.29 is 27.6 Å². The number of methoxy groups -OCH3 is 1. The number of allylic oxidation sites excluding steroid dienone is 1. The minimum Gasteiger partial charge on any atom is -0.455 e. The number of halogens is 1. The molecule has 0 spiro atoms. The number of rotatable bonds is 15. The molecule has 3 heterocycles. The van der Waals surface area contributed by atoms with Gasteiger partial charge in [0.2, 0.25) is 0 Å². The van der Waals surface area contributed by atoms with Gasteiger partial charge in [-0.15, -0.1) is 0 Å². The lowest BCUT2D eigenvalue weighted by molar-refractivity contribution is -0.384. The standard InChI is InChI=1S/C48H56ClN7O7S/c1-48(2)18-16-36(42(27-48)34-8-10-37(49)11-9-34)30-54-20-22-55(23-21-54)38-12-14-41(45(25-38)63-39-24-35-17-19-50-46(35)52-29-39)47(57)53-64(60,61)40-13-15-43(44(26-40)56(58)59)51-28-32-4-6-33(7-5-32)31-62-3/h8-15,17,19,24-26,29,32-33,51H,4-7,16,18,20-23,27-28,30-31H2,1-3H3,(H,50,52)(H,53,57). The third-order valence-corrected chi connectivity index (χ3v) is 14.6. The van der Waals surface area contributed by atoms with E-state index in [2.05, 4.69) is 55.8 Å². The van der Waals surface area contributed by atoms with Gasteiger partial charge in [0.25, 0.3) is 21.6 Å². The van der Waals surface area contributed by atoms with E-state index < -0.39 is 31.4 Å². The van der Waals surface area contributed by atoms with Gasteiger partial charge in [-0.3, -0.25) is 19.8 Å². The minimum atomic E-state index is -4.56. The number of pyridine rings is 1. The highest BCUT2D eigenvalue weighted by molar-refractivity contribution is 7.90. The molecule has 2 fully saturated rings. The molecule has 8 rings (SSSR count). The van der Waals surface area contributed by atoms with E-state index >= 15 is 0 Å². The maximum Gasteiger partial charge on any atom is 0.293 e. The van der Waals surface area contributed by atoms with Gasteiger partial charge in [-0.1, -0.05) is 43.2 Å². The smallest absolute Gasteiger partial charge is 0.293 e. The fraction of sp³-hybridized carbons (Fsp3) is 0.417. The molecule has 1 saturated carbocycles. The van der Waals surface area contributed by atoms with E-state index in [4.69, 9.17) is 21.1 Å². The molecule has 1 aliphatic heterocycles. The highest BCUT2D eigenvalue weighted by atomic mass is 35.5. The molecule has 14 nitrogen and oxygen atoms in total. The zero-order valence-electron chi connectivity index (χ0n) is 36.6. The second-order valence-corrected chi connectivity index (χ2v) is 20.3. The van der Waals surface area contributed by atoms with Crippen LogP contribution in [0.1, 0.15) is 74.7 Å². The Labute approximate surface area is 379 Å². The number of aromatic amines is 1. The number of nitro benzene ring substituents is 1. The van der Waals surface area contributed by atoms with Gasteiger partial charge in [-0.05, 0) is 122 Å². The Morgan fingerprint density at radius 2 is 1.73 bits per heavy atom. The second kappa shape index (κ2) is 19.3. The number of anilines is 2. The predicted molar refractivity (Wildman–Crippen MR) is 251 cm³/mol. The molecular formula is C48H56ClN7O7S. The van der Waals surface area contributed by atoms with Crippen LogP contribution < -0.4 is 19.7 Å². The molecule has 3 aliphatic rings. The van der Waals surface area contributed by atoms with Crippen LogP contribution in [0.5, 0.6) is 11.5 Å². The monoisotopic (exact) mass is 909 g/mol. The van der Waals surface area contributed by atoms with Gasteiger partial charge in [-0.2, -0.15) is 0 Å². The number of hydrogen-bond donors (Lipinski definition) is 3. The number of benzene rings is 3. The van der Waals surface area contributed by atoms with Crippen LogP contribution in [-0.4, -0.2) is 87.1 Å². The summed E-state index contributed by atoms with van der Waals surface area (Å²) >= 11 is 6.25. The average Bonchev–Trinajstić information content (AvgIpc) is 3.75. The molecule has 0 radical (unpaired) electrons. The summed E-state index contributed by atoms with van der Waals surface area (Å²) in [5.74, 6) is 0.385. The van der Waals surface area contributed by atoms with Crippen LogP contribution in [0, 0.1) is 27.4 Å². The maximum absolute atomic E-state index is 14.0. The van der Waals surface area contributed by atoms with E-state index in [1.165, 1.54) is 35.0 Å². The van der Waals surface area contributed by atoms with Crippen molar-refractivity contribution in [1.29, 1.82) is 0 Å². The van der Waals surface area contributed by atoms with Gasteiger partial charge in [0.05, 0.1) is 21.6 Å². The minimum absolute atomic E-state index is 0.0324. The van der Waals surface area contributed by atoms with Crippen molar-refractivity contribution in [2.24, 2.45) is 17.3 Å². The lowest BCUT2D eigenvalue weighted by Gasteiger charge is -2.39. The number of sulfonamides is 1. The number of hydrogen-bond acceptors (Lipinski definition) is 11. The quantitative estimate of drug-likeness (QED) is 0.0675. The number of fused-ring (bicyclic) bond motifs is 1. The summed E-state index contributed by atoms with van der Waals surface area (Å²) in [4.78, 5) is 37.3. The zero-order valence-corrected chi connectivity index (χ0v) is 38.1. The van der Waals surface area contributed by atoms with E-state index in [0.717, 1.165) is 106 Å². The Morgan fingerprint density at radius 1 is 0.984 bits per heavy atom. The average molecular weight is 911 g/mol. The normalized spacial score (nSPS) is 19.4. The third-order valence-electron chi connectivity index (χ3n) is 13.0. The van der Waals surface area contributed by atoms with Crippen LogP contribution in [0.25, 0.3) is 16.6 Å². The molecule has 3 aromatic carbocycles. The number of nitro groups is 1. The molecule has 0 unspecified atom stereocenters. The van der Waals surface area contributed by atoms with Crippen LogP contribution >= 0.6 is 11.6 Å². The third kappa shape index (κ3) is 10.7. The molecule has 3 N–H and O–H groups in total. The van der Waals surface area contributed by atoms with Crippen molar-refractivity contribution in [2.45, 2.75) is 63.7 Å². The molecule has 0 bridgehead atoms. The van der Waals surface area contributed by atoms with Gasteiger partial charge in [0.1, 0.15) is 22.8 Å². The number of aromatic nitrogens is 2. The Balaban J connectivity index is 0.983. The van der Waals surface area contributed by atoms with Crippen molar-refractivity contribution in [2.75, 3.05) is 63.2 Å². The molecule has 2 aliphatic carbocycles. The highest BCUT2D eigenvalue weighted by Gasteiger charge is 2.31. The lowest BCUT2D eigenvalue weighted by atomic mass is 9.72. The van der Waals surface area contributed by atoms with E-state index in [-0.39, 0.29) is 22.4 Å². The number of nitrogens with zero attached hydrogens (tertiary/aromatic N) is 4. The number of amides is 1. The van der Waals surface area contributed by atoms with Crippen LogP contribution in [-0.2, 0) is 14.8 Å². The summed E-state index contributed by atoms with van der Waals surface area (Å²) in [5.41, 5.74) is 5.60. The van der Waals surface area contributed by atoms with E-state index in [1.54, 1.807) is 37.6 Å². The number of ether oxygens (including phenoxy) is 2. The summed E-state index contributed by atoms with van der Waals surface area (Å²) in [6.07, 6.45) is 10.5. The van der Waals surface area contributed by atoms with Crippen molar-refractivity contribution >= 4 is 61.2 Å². The van der Waals surface area contributed by atoms with E-state index in [0.29, 0.717) is 29.8 Å². The molecule has 64 heavy (non-hydrogen) atoms. The highest BCUT2D eigenvalue weighted by Crippen LogP contribution is 2.43. The first-order valence-corrected chi connectivity index (χ1v) is 23.9. The van der Waals surface area contributed by atoms with Gasteiger partial charge >= 0.3 is 0 Å². The number of piperazine rings is 1. The van der Waals surface area contributed by atoms with Crippen molar-refractivity contribution in [3.8, 4) is 11.5 Å². The molecule has 1 saturated heterocycles. The molecule has 5 aromatic rings. The van der Waals surface area contributed by atoms with Crippen LogP contribution in [0.3, 0.4) is 0 Å².